The standard InChI is InChI=1S/C22H37NO4/c1-20(2,3)14-22(7,11-9-10-19(26)23-27-8)16-13-17(24)15(12-18(16)25)21(4,5)6/h12-13,24-25H,9-11,14H2,1-8H3,(H,23,26). The summed E-state index contributed by atoms with van der Waals surface area (Å²) in [5, 5.41) is 21.4. The maximum absolute atomic E-state index is 11.7. The van der Waals surface area contributed by atoms with Gasteiger partial charge in [-0.1, -0.05) is 48.5 Å². The van der Waals surface area contributed by atoms with Crippen LogP contribution in [0.1, 0.15) is 85.3 Å². The first-order valence-electron chi connectivity index (χ1n) is 9.58. The number of phenols is 2. The number of rotatable bonds is 7. The molecule has 27 heavy (non-hydrogen) atoms. The van der Waals surface area contributed by atoms with Gasteiger partial charge >= 0.3 is 0 Å². The molecule has 1 amide bonds. The number of carbonyl (C=O) groups excluding carboxylic acids is 1. The van der Waals surface area contributed by atoms with Gasteiger partial charge in [-0.3, -0.25) is 9.63 Å². The maximum atomic E-state index is 11.7. The zero-order valence-electron chi connectivity index (χ0n) is 18.2. The number of phenolic OH excluding ortho intramolecular Hbond substituents is 2. The van der Waals surface area contributed by atoms with Crippen molar-refractivity contribution in [2.45, 2.75) is 85.0 Å². The summed E-state index contributed by atoms with van der Waals surface area (Å²) in [6.07, 6.45) is 2.53. The molecule has 3 N–H and O–H groups in total. The maximum Gasteiger partial charge on any atom is 0.243 e. The highest BCUT2D eigenvalue weighted by Crippen LogP contribution is 2.46. The fraction of sp³-hybridized carbons (Fsp3) is 0.682. The van der Waals surface area contributed by atoms with Crippen molar-refractivity contribution >= 4 is 5.91 Å². The molecule has 0 fully saturated rings. The SMILES string of the molecule is CONC(=O)CCCC(C)(CC(C)(C)C)c1cc(O)c(C(C)(C)C)cc1O. The predicted octanol–water partition coefficient (Wildman–Crippen LogP) is 4.94. The summed E-state index contributed by atoms with van der Waals surface area (Å²) >= 11 is 0. The molecule has 0 aliphatic rings. The number of hydroxylamine groups is 1. The normalized spacial score (nSPS) is 14.7. The topological polar surface area (TPSA) is 78.8 Å². The Labute approximate surface area is 164 Å². The molecule has 0 bridgehead atoms. The quantitative estimate of drug-likeness (QED) is 0.463. The second kappa shape index (κ2) is 8.51. The lowest BCUT2D eigenvalue weighted by Gasteiger charge is -2.37. The van der Waals surface area contributed by atoms with Crippen LogP contribution >= 0.6 is 0 Å². The monoisotopic (exact) mass is 379 g/mol. The van der Waals surface area contributed by atoms with E-state index in [0.29, 0.717) is 19.3 Å². The third-order valence-corrected chi connectivity index (χ3v) is 4.84. The Morgan fingerprint density at radius 3 is 2.00 bits per heavy atom. The van der Waals surface area contributed by atoms with Gasteiger partial charge in [0.1, 0.15) is 11.5 Å². The average Bonchev–Trinajstić information content (AvgIpc) is 2.46. The molecule has 1 atom stereocenters. The Kier molecular flexibility index (Phi) is 7.34. The molecule has 1 aromatic carbocycles. The number of aromatic hydroxyl groups is 2. The molecular formula is C22H37NO4. The molecule has 0 saturated heterocycles. The average molecular weight is 380 g/mol. The van der Waals surface area contributed by atoms with Crippen LogP contribution in [0.2, 0.25) is 0 Å². The van der Waals surface area contributed by atoms with Gasteiger partial charge in [0.15, 0.2) is 0 Å². The first kappa shape index (κ1) is 23.3. The smallest absolute Gasteiger partial charge is 0.243 e. The third-order valence-electron chi connectivity index (χ3n) is 4.84. The zero-order chi connectivity index (χ0) is 21.0. The van der Waals surface area contributed by atoms with E-state index in [1.807, 2.05) is 20.8 Å². The fourth-order valence-corrected chi connectivity index (χ4v) is 3.95. The van der Waals surface area contributed by atoms with Crippen molar-refractivity contribution in [1.82, 2.24) is 5.48 Å². The summed E-state index contributed by atoms with van der Waals surface area (Å²) in [6, 6.07) is 3.39. The Balaban J connectivity index is 3.23. The summed E-state index contributed by atoms with van der Waals surface area (Å²) in [7, 11) is 1.42. The molecule has 0 aliphatic carbocycles. The van der Waals surface area contributed by atoms with E-state index in [0.717, 1.165) is 17.5 Å². The van der Waals surface area contributed by atoms with E-state index in [1.54, 1.807) is 12.1 Å². The van der Waals surface area contributed by atoms with Crippen LogP contribution in [0.15, 0.2) is 12.1 Å². The van der Waals surface area contributed by atoms with Crippen LogP contribution in [0, 0.1) is 5.41 Å². The summed E-state index contributed by atoms with van der Waals surface area (Å²) in [5.74, 6) is 0.240. The van der Waals surface area contributed by atoms with Crippen LogP contribution in [-0.2, 0) is 20.5 Å². The molecule has 5 heteroatoms. The summed E-state index contributed by atoms with van der Waals surface area (Å²) in [5.41, 5.74) is 3.18. The van der Waals surface area contributed by atoms with Gasteiger partial charge in [0.25, 0.3) is 0 Å². The van der Waals surface area contributed by atoms with Crippen LogP contribution in [-0.4, -0.2) is 23.2 Å². The minimum atomic E-state index is -0.371. The number of benzene rings is 1. The van der Waals surface area contributed by atoms with Crippen molar-refractivity contribution < 1.29 is 19.8 Å². The van der Waals surface area contributed by atoms with Crippen molar-refractivity contribution in [1.29, 1.82) is 0 Å². The second-order valence-corrected chi connectivity index (χ2v) is 10.0. The van der Waals surface area contributed by atoms with E-state index in [-0.39, 0.29) is 33.7 Å². The molecule has 1 unspecified atom stereocenters. The van der Waals surface area contributed by atoms with Gasteiger partial charge in [0.05, 0.1) is 7.11 Å². The Morgan fingerprint density at radius 1 is 1.00 bits per heavy atom. The molecule has 1 rings (SSSR count). The number of nitrogens with one attached hydrogen (secondary N) is 1. The van der Waals surface area contributed by atoms with Crippen LogP contribution < -0.4 is 5.48 Å². The Hall–Kier alpha value is -1.75. The van der Waals surface area contributed by atoms with Crippen molar-refractivity contribution in [2.75, 3.05) is 7.11 Å². The van der Waals surface area contributed by atoms with Crippen molar-refractivity contribution in [2.24, 2.45) is 5.41 Å². The molecule has 154 valence electrons. The molecule has 5 nitrogen and oxygen atoms in total. The second-order valence-electron chi connectivity index (χ2n) is 10.0. The van der Waals surface area contributed by atoms with E-state index in [9.17, 15) is 15.0 Å². The number of hydrogen-bond acceptors (Lipinski definition) is 4. The number of carbonyl (C=O) groups is 1. The van der Waals surface area contributed by atoms with E-state index >= 15 is 0 Å². The molecular weight excluding hydrogens is 342 g/mol. The fourth-order valence-electron chi connectivity index (χ4n) is 3.95. The van der Waals surface area contributed by atoms with Crippen molar-refractivity contribution in [3.8, 4) is 11.5 Å². The zero-order valence-corrected chi connectivity index (χ0v) is 18.2. The van der Waals surface area contributed by atoms with Gasteiger partial charge in [-0.25, -0.2) is 5.48 Å². The minimum absolute atomic E-state index is 0.0221. The van der Waals surface area contributed by atoms with Crippen LogP contribution in [0.5, 0.6) is 11.5 Å². The lowest BCUT2D eigenvalue weighted by molar-refractivity contribution is -0.131. The molecule has 0 radical (unpaired) electrons. The Morgan fingerprint density at radius 2 is 1.52 bits per heavy atom. The summed E-state index contributed by atoms with van der Waals surface area (Å²) in [6.45, 7) is 14.6. The first-order valence-corrected chi connectivity index (χ1v) is 9.58. The van der Waals surface area contributed by atoms with E-state index < -0.39 is 0 Å². The van der Waals surface area contributed by atoms with Crippen LogP contribution in [0.25, 0.3) is 0 Å². The van der Waals surface area contributed by atoms with E-state index in [1.165, 1.54) is 7.11 Å². The predicted molar refractivity (Wildman–Crippen MR) is 109 cm³/mol. The molecule has 0 aromatic heterocycles. The highest BCUT2D eigenvalue weighted by molar-refractivity contribution is 5.74. The van der Waals surface area contributed by atoms with Crippen molar-refractivity contribution in [3.05, 3.63) is 23.3 Å². The number of amides is 1. The molecule has 0 saturated carbocycles. The third kappa shape index (κ3) is 6.73. The highest BCUT2D eigenvalue weighted by Gasteiger charge is 2.35. The lowest BCUT2D eigenvalue weighted by Crippen LogP contribution is -2.29. The van der Waals surface area contributed by atoms with Gasteiger partial charge in [0.2, 0.25) is 5.91 Å². The van der Waals surface area contributed by atoms with Gasteiger partial charge in [-0.15, -0.1) is 0 Å². The largest absolute Gasteiger partial charge is 0.508 e. The molecule has 0 spiro atoms. The van der Waals surface area contributed by atoms with E-state index in [4.69, 9.17) is 0 Å². The lowest BCUT2D eigenvalue weighted by atomic mass is 9.67. The van der Waals surface area contributed by atoms with Gasteiger partial charge in [0, 0.05) is 17.5 Å². The van der Waals surface area contributed by atoms with Crippen LogP contribution in [0.4, 0.5) is 0 Å². The van der Waals surface area contributed by atoms with Gasteiger partial charge in [-0.05, 0) is 47.6 Å². The van der Waals surface area contributed by atoms with Gasteiger partial charge < -0.3 is 10.2 Å². The molecule has 1 aromatic rings. The summed E-state index contributed by atoms with van der Waals surface area (Å²) in [4.78, 5) is 16.4. The van der Waals surface area contributed by atoms with Gasteiger partial charge in [-0.2, -0.15) is 0 Å². The summed E-state index contributed by atoms with van der Waals surface area (Å²) < 4.78 is 0. The Bertz CT molecular complexity index is 656. The first-order chi connectivity index (χ1) is 12.2. The molecule has 0 heterocycles. The molecule has 0 aliphatic heterocycles. The highest BCUT2D eigenvalue weighted by atomic mass is 16.6. The van der Waals surface area contributed by atoms with Crippen molar-refractivity contribution in [3.63, 3.8) is 0 Å². The number of hydrogen-bond donors (Lipinski definition) is 3. The minimum Gasteiger partial charge on any atom is -0.508 e. The van der Waals surface area contributed by atoms with Crippen LogP contribution in [0.3, 0.4) is 0 Å². The van der Waals surface area contributed by atoms with E-state index in [2.05, 4.69) is 38.0 Å².